The number of rotatable bonds is 4. The third-order valence-electron chi connectivity index (χ3n) is 3.67. The first-order chi connectivity index (χ1) is 8.25. The molecule has 2 N–H and O–H groups in total. The molecule has 0 bridgehead atoms. The van der Waals surface area contributed by atoms with Crippen molar-refractivity contribution < 1.29 is 4.79 Å². The number of ketones is 1. The second-order valence-corrected chi connectivity index (χ2v) is 5.05. The molecule has 0 unspecified atom stereocenters. The molecule has 17 heavy (non-hydrogen) atoms. The van der Waals surface area contributed by atoms with Crippen molar-refractivity contribution in [2.75, 3.05) is 5.73 Å². The molecule has 1 fully saturated rings. The number of aryl methyl sites for hydroxylation is 1. The predicted octanol–water partition coefficient (Wildman–Crippen LogP) is 3.35. The number of nitrogen functional groups attached to an aromatic ring is 1. The van der Waals surface area contributed by atoms with Crippen molar-refractivity contribution in [1.29, 1.82) is 0 Å². The lowest BCUT2D eigenvalue weighted by molar-refractivity contribution is -0.123. The van der Waals surface area contributed by atoms with Gasteiger partial charge in [-0.05, 0) is 37.0 Å². The second-order valence-electron chi connectivity index (χ2n) is 5.05. The standard InChI is InChI=1S/C15H21NO/c16-14-8-4-5-12(11-14)9-10-15(17)13-6-2-1-3-7-13/h4-5,8,11,13H,1-3,6-7,9-10,16H2. The van der Waals surface area contributed by atoms with Crippen LogP contribution in [0.5, 0.6) is 0 Å². The van der Waals surface area contributed by atoms with Crippen molar-refractivity contribution >= 4 is 11.5 Å². The number of carbonyl (C=O) groups is 1. The van der Waals surface area contributed by atoms with Gasteiger partial charge in [-0.1, -0.05) is 31.4 Å². The monoisotopic (exact) mass is 231 g/mol. The highest BCUT2D eigenvalue weighted by molar-refractivity contribution is 5.81. The van der Waals surface area contributed by atoms with Gasteiger partial charge in [-0.25, -0.2) is 0 Å². The number of Topliss-reactive ketones (excluding diaryl/α,β-unsaturated/α-hetero) is 1. The molecule has 0 atom stereocenters. The average Bonchev–Trinajstić information content (AvgIpc) is 2.37. The van der Waals surface area contributed by atoms with Gasteiger partial charge in [-0.3, -0.25) is 4.79 Å². The van der Waals surface area contributed by atoms with Gasteiger partial charge in [-0.15, -0.1) is 0 Å². The van der Waals surface area contributed by atoms with Crippen molar-refractivity contribution in [3.63, 3.8) is 0 Å². The Labute approximate surface area is 103 Å². The van der Waals surface area contributed by atoms with Gasteiger partial charge in [-0.2, -0.15) is 0 Å². The van der Waals surface area contributed by atoms with Crippen LogP contribution in [-0.2, 0) is 11.2 Å². The topological polar surface area (TPSA) is 43.1 Å². The summed E-state index contributed by atoms with van der Waals surface area (Å²) in [7, 11) is 0. The van der Waals surface area contributed by atoms with Crippen molar-refractivity contribution in [1.82, 2.24) is 0 Å². The maximum Gasteiger partial charge on any atom is 0.136 e. The van der Waals surface area contributed by atoms with Gasteiger partial charge in [0.2, 0.25) is 0 Å². The number of benzene rings is 1. The SMILES string of the molecule is Nc1cccc(CCC(=O)C2CCCCC2)c1. The van der Waals surface area contributed by atoms with E-state index in [2.05, 4.69) is 0 Å². The molecule has 1 aliphatic carbocycles. The Bertz CT molecular complexity index is 380. The molecule has 0 saturated heterocycles. The van der Waals surface area contributed by atoms with Gasteiger partial charge < -0.3 is 5.73 Å². The zero-order valence-corrected chi connectivity index (χ0v) is 10.3. The molecule has 2 nitrogen and oxygen atoms in total. The Balaban J connectivity index is 1.83. The summed E-state index contributed by atoms with van der Waals surface area (Å²) in [6.45, 7) is 0. The summed E-state index contributed by atoms with van der Waals surface area (Å²) in [4.78, 5) is 12.0. The third-order valence-corrected chi connectivity index (χ3v) is 3.67. The Morgan fingerprint density at radius 3 is 2.71 bits per heavy atom. The average molecular weight is 231 g/mol. The van der Waals surface area contributed by atoms with Crippen molar-refractivity contribution in [2.24, 2.45) is 5.92 Å². The zero-order valence-electron chi connectivity index (χ0n) is 10.3. The smallest absolute Gasteiger partial charge is 0.136 e. The predicted molar refractivity (Wildman–Crippen MR) is 70.8 cm³/mol. The highest BCUT2D eigenvalue weighted by Crippen LogP contribution is 2.25. The number of nitrogens with two attached hydrogens (primary N) is 1. The largest absolute Gasteiger partial charge is 0.399 e. The fourth-order valence-electron chi connectivity index (χ4n) is 2.64. The molecule has 1 aliphatic rings. The molecule has 0 spiro atoms. The molecular weight excluding hydrogens is 210 g/mol. The fraction of sp³-hybridized carbons (Fsp3) is 0.533. The Hall–Kier alpha value is -1.31. The van der Waals surface area contributed by atoms with Gasteiger partial charge in [0.25, 0.3) is 0 Å². The number of anilines is 1. The number of hydrogen-bond acceptors (Lipinski definition) is 2. The van der Waals surface area contributed by atoms with E-state index in [1.165, 1.54) is 24.8 Å². The van der Waals surface area contributed by atoms with Crippen LogP contribution in [0, 0.1) is 5.92 Å². The molecule has 2 rings (SSSR count). The minimum absolute atomic E-state index is 0.338. The van der Waals surface area contributed by atoms with Gasteiger partial charge in [0.05, 0.1) is 0 Å². The zero-order chi connectivity index (χ0) is 12.1. The van der Waals surface area contributed by atoms with Crippen LogP contribution in [0.4, 0.5) is 5.69 Å². The first-order valence-electron chi connectivity index (χ1n) is 6.63. The maximum atomic E-state index is 12.0. The van der Waals surface area contributed by atoms with Crippen LogP contribution in [0.1, 0.15) is 44.1 Å². The number of carbonyl (C=O) groups excluding carboxylic acids is 1. The fourth-order valence-corrected chi connectivity index (χ4v) is 2.64. The first-order valence-corrected chi connectivity index (χ1v) is 6.63. The lowest BCUT2D eigenvalue weighted by atomic mass is 9.84. The molecule has 0 aliphatic heterocycles. The third kappa shape index (κ3) is 3.58. The van der Waals surface area contributed by atoms with E-state index in [9.17, 15) is 4.79 Å². The van der Waals surface area contributed by atoms with Crippen molar-refractivity contribution in [3.05, 3.63) is 29.8 Å². The quantitative estimate of drug-likeness (QED) is 0.807. The summed E-state index contributed by atoms with van der Waals surface area (Å²) in [5, 5.41) is 0. The van der Waals surface area contributed by atoms with Gasteiger partial charge in [0, 0.05) is 18.0 Å². The molecule has 1 aromatic carbocycles. The van der Waals surface area contributed by atoms with Crippen LogP contribution in [0.3, 0.4) is 0 Å². The van der Waals surface area contributed by atoms with Gasteiger partial charge in [0.1, 0.15) is 5.78 Å². The van der Waals surface area contributed by atoms with Gasteiger partial charge in [0.15, 0.2) is 0 Å². The lowest BCUT2D eigenvalue weighted by Crippen LogP contribution is -2.18. The van der Waals surface area contributed by atoms with Crippen LogP contribution < -0.4 is 5.73 Å². The molecule has 0 heterocycles. The summed E-state index contributed by atoms with van der Waals surface area (Å²) < 4.78 is 0. The Morgan fingerprint density at radius 2 is 2.00 bits per heavy atom. The molecule has 0 aromatic heterocycles. The molecule has 1 saturated carbocycles. The summed E-state index contributed by atoms with van der Waals surface area (Å²) in [6, 6.07) is 7.85. The van der Waals surface area contributed by atoms with Crippen LogP contribution in [0.15, 0.2) is 24.3 Å². The Morgan fingerprint density at radius 1 is 1.24 bits per heavy atom. The van der Waals surface area contributed by atoms with Crippen LogP contribution in [0.2, 0.25) is 0 Å². The first kappa shape index (κ1) is 12.2. The van der Waals surface area contributed by atoms with E-state index in [4.69, 9.17) is 5.73 Å². The summed E-state index contributed by atoms with van der Waals surface area (Å²) >= 11 is 0. The van der Waals surface area contributed by atoms with E-state index < -0.39 is 0 Å². The van der Waals surface area contributed by atoms with E-state index in [1.54, 1.807) is 0 Å². The van der Waals surface area contributed by atoms with E-state index in [0.29, 0.717) is 18.1 Å². The minimum atomic E-state index is 0.338. The summed E-state index contributed by atoms with van der Waals surface area (Å²) in [5.74, 6) is 0.789. The summed E-state index contributed by atoms with van der Waals surface area (Å²) in [6.07, 6.45) is 7.49. The van der Waals surface area contributed by atoms with E-state index >= 15 is 0 Å². The maximum absolute atomic E-state index is 12.0. The molecule has 0 amide bonds. The normalized spacial score (nSPS) is 16.9. The Kier molecular flexibility index (Phi) is 4.18. The van der Waals surface area contributed by atoms with Crippen LogP contribution >= 0.6 is 0 Å². The van der Waals surface area contributed by atoms with Crippen LogP contribution in [-0.4, -0.2) is 5.78 Å². The summed E-state index contributed by atoms with van der Waals surface area (Å²) in [5.41, 5.74) is 7.68. The highest BCUT2D eigenvalue weighted by atomic mass is 16.1. The number of hydrogen-bond donors (Lipinski definition) is 1. The second kappa shape index (κ2) is 5.85. The van der Waals surface area contributed by atoms with Crippen molar-refractivity contribution in [3.8, 4) is 0 Å². The highest BCUT2D eigenvalue weighted by Gasteiger charge is 2.20. The molecule has 1 aromatic rings. The van der Waals surface area contributed by atoms with Crippen LogP contribution in [0.25, 0.3) is 0 Å². The molecule has 2 heteroatoms. The van der Waals surface area contributed by atoms with E-state index in [1.807, 2.05) is 24.3 Å². The van der Waals surface area contributed by atoms with Gasteiger partial charge >= 0.3 is 0 Å². The molecule has 0 radical (unpaired) electrons. The van der Waals surface area contributed by atoms with E-state index in [-0.39, 0.29) is 0 Å². The minimum Gasteiger partial charge on any atom is -0.399 e. The molecule has 92 valence electrons. The van der Waals surface area contributed by atoms with E-state index in [0.717, 1.165) is 24.9 Å². The van der Waals surface area contributed by atoms with Crippen molar-refractivity contribution in [2.45, 2.75) is 44.9 Å². The molecular formula is C15H21NO. The lowest BCUT2D eigenvalue weighted by Gasteiger charge is -2.20.